The average Bonchev–Trinajstić information content (AvgIpc) is 2.91. The molecule has 0 saturated heterocycles. The Bertz CT molecular complexity index is 795. The summed E-state index contributed by atoms with van der Waals surface area (Å²) in [6.07, 6.45) is 3.14. The van der Waals surface area contributed by atoms with Crippen molar-refractivity contribution < 1.29 is 9.50 Å². The van der Waals surface area contributed by atoms with E-state index in [2.05, 4.69) is 10.4 Å². The Morgan fingerprint density at radius 1 is 1.52 bits per heavy atom. The van der Waals surface area contributed by atoms with Crippen LogP contribution in [0.2, 0.25) is 0 Å². The fraction of sp³-hybridized carbons (Fsp3) is 0.333. The fourth-order valence-electron chi connectivity index (χ4n) is 2.64. The second-order valence-corrected chi connectivity index (χ2v) is 5.90. The fourth-order valence-corrected chi connectivity index (χ4v) is 2.64. The number of aliphatic hydroxyl groups is 1. The summed E-state index contributed by atoms with van der Waals surface area (Å²) in [5.41, 5.74) is 8.93. The Morgan fingerprint density at radius 2 is 2.24 bits per heavy atom. The second kappa shape index (κ2) is 7.94. The van der Waals surface area contributed by atoms with E-state index in [9.17, 15) is 9.50 Å². The van der Waals surface area contributed by atoms with Crippen LogP contribution in [-0.2, 0) is 13.5 Å². The van der Waals surface area contributed by atoms with Crippen LogP contribution in [0.25, 0.3) is 11.3 Å². The first-order valence-corrected chi connectivity index (χ1v) is 8.10. The van der Waals surface area contributed by atoms with Gasteiger partial charge in [0.2, 0.25) is 0 Å². The number of aliphatic hydroxyl groups excluding tert-OH is 1. The first-order chi connectivity index (χ1) is 11.8. The van der Waals surface area contributed by atoms with Gasteiger partial charge in [-0.25, -0.2) is 4.39 Å². The van der Waals surface area contributed by atoms with E-state index in [1.54, 1.807) is 30.9 Å². The molecular weight excluding hydrogens is 321 g/mol. The molecule has 134 valence electrons. The van der Waals surface area contributed by atoms with Crippen molar-refractivity contribution in [2.75, 3.05) is 6.54 Å². The lowest BCUT2D eigenvalue weighted by Crippen LogP contribution is -2.18. The summed E-state index contributed by atoms with van der Waals surface area (Å²) in [4.78, 5) is 0. The summed E-state index contributed by atoms with van der Waals surface area (Å²) in [5, 5.41) is 25.3. The lowest BCUT2D eigenvalue weighted by Gasteiger charge is -2.13. The number of aromatic nitrogens is 2. The highest BCUT2D eigenvalue weighted by atomic mass is 19.1. The maximum atomic E-state index is 13.6. The molecule has 0 radical (unpaired) electrons. The first kappa shape index (κ1) is 18.7. The van der Waals surface area contributed by atoms with Crippen LogP contribution in [0.1, 0.15) is 31.1 Å². The molecule has 1 atom stereocenters. The molecule has 0 aliphatic heterocycles. The smallest absolute Gasteiger partial charge is 0.123 e. The molecule has 0 spiro atoms. The maximum Gasteiger partial charge on any atom is 0.123 e. The highest BCUT2D eigenvalue weighted by molar-refractivity contribution is 5.95. The molecule has 5 N–H and O–H groups in total. The van der Waals surface area contributed by atoms with E-state index in [0.717, 1.165) is 12.1 Å². The lowest BCUT2D eigenvalue weighted by molar-refractivity contribution is 0.199. The van der Waals surface area contributed by atoms with Gasteiger partial charge in [0.05, 0.1) is 11.8 Å². The third-order valence-corrected chi connectivity index (χ3v) is 3.83. The molecule has 6 nitrogen and oxygen atoms in total. The Balaban J connectivity index is 2.50. The van der Waals surface area contributed by atoms with E-state index in [1.165, 1.54) is 12.1 Å². The van der Waals surface area contributed by atoms with Gasteiger partial charge < -0.3 is 16.2 Å². The van der Waals surface area contributed by atoms with Crippen LogP contribution in [0, 0.1) is 11.2 Å². The third-order valence-electron chi connectivity index (χ3n) is 3.83. The van der Waals surface area contributed by atoms with Crippen molar-refractivity contribution in [3.8, 4) is 11.3 Å². The summed E-state index contributed by atoms with van der Waals surface area (Å²) >= 11 is 0. The molecule has 0 saturated carbocycles. The summed E-state index contributed by atoms with van der Waals surface area (Å²) in [7, 11) is 1.79. The molecule has 1 aromatic carbocycles. The van der Waals surface area contributed by atoms with E-state index in [-0.39, 0.29) is 5.84 Å². The SMILES string of the molecule is CCN/C=C(/Cc1cn(C)nc1-c1ccc(F)cc1[C@@H](C)O)C(=N)N. The minimum atomic E-state index is -0.829. The number of hydrogen-bond acceptors (Lipinski definition) is 4. The van der Waals surface area contributed by atoms with E-state index < -0.39 is 11.9 Å². The van der Waals surface area contributed by atoms with Crippen LogP contribution >= 0.6 is 0 Å². The molecule has 2 rings (SSSR count). The van der Waals surface area contributed by atoms with Gasteiger partial charge in [-0.1, -0.05) is 0 Å². The van der Waals surface area contributed by atoms with E-state index in [0.29, 0.717) is 28.8 Å². The van der Waals surface area contributed by atoms with E-state index >= 15 is 0 Å². The van der Waals surface area contributed by atoms with Crippen molar-refractivity contribution in [3.05, 3.63) is 53.1 Å². The Morgan fingerprint density at radius 3 is 2.84 bits per heavy atom. The summed E-state index contributed by atoms with van der Waals surface area (Å²) in [6.45, 7) is 4.27. The molecule has 0 fully saturated rings. The highest BCUT2D eigenvalue weighted by Crippen LogP contribution is 2.31. The molecule has 1 aromatic heterocycles. The minimum Gasteiger partial charge on any atom is -0.391 e. The van der Waals surface area contributed by atoms with Crippen molar-refractivity contribution in [1.29, 1.82) is 5.41 Å². The quantitative estimate of drug-likeness (QED) is 0.457. The van der Waals surface area contributed by atoms with Gasteiger partial charge >= 0.3 is 0 Å². The Kier molecular flexibility index (Phi) is 5.93. The summed E-state index contributed by atoms with van der Waals surface area (Å²) < 4.78 is 15.2. The van der Waals surface area contributed by atoms with Crippen LogP contribution < -0.4 is 11.1 Å². The molecule has 0 bridgehead atoms. The number of nitrogens with zero attached hydrogens (tertiary/aromatic N) is 2. The first-order valence-electron chi connectivity index (χ1n) is 8.10. The Hall–Kier alpha value is -2.67. The number of halogens is 1. The van der Waals surface area contributed by atoms with Gasteiger partial charge in [-0.2, -0.15) is 5.10 Å². The molecule has 0 unspecified atom stereocenters. The molecule has 2 aromatic rings. The number of rotatable bonds is 7. The zero-order valence-corrected chi connectivity index (χ0v) is 14.7. The van der Waals surface area contributed by atoms with E-state index in [4.69, 9.17) is 11.1 Å². The zero-order chi connectivity index (χ0) is 18.6. The average molecular weight is 345 g/mol. The number of nitrogens with two attached hydrogens (primary N) is 1. The van der Waals surface area contributed by atoms with Gasteiger partial charge in [0, 0.05) is 49.1 Å². The van der Waals surface area contributed by atoms with Gasteiger partial charge in [-0.3, -0.25) is 10.1 Å². The van der Waals surface area contributed by atoms with Crippen LogP contribution in [0.4, 0.5) is 4.39 Å². The van der Waals surface area contributed by atoms with Crippen molar-refractivity contribution in [3.63, 3.8) is 0 Å². The third kappa shape index (κ3) is 4.45. The molecule has 25 heavy (non-hydrogen) atoms. The predicted octanol–water partition coefficient (Wildman–Crippen LogP) is 2.25. The number of benzene rings is 1. The second-order valence-electron chi connectivity index (χ2n) is 5.90. The highest BCUT2D eigenvalue weighted by Gasteiger charge is 2.18. The molecule has 0 aliphatic carbocycles. The largest absolute Gasteiger partial charge is 0.391 e. The maximum absolute atomic E-state index is 13.6. The van der Waals surface area contributed by atoms with Crippen LogP contribution in [0.15, 0.2) is 36.2 Å². The monoisotopic (exact) mass is 345 g/mol. The summed E-state index contributed by atoms with van der Waals surface area (Å²) in [5.74, 6) is -0.431. The minimum absolute atomic E-state index is 0.0226. The number of hydrogen-bond donors (Lipinski definition) is 4. The van der Waals surface area contributed by atoms with Crippen molar-refractivity contribution >= 4 is 5.84 Å². The standard InChI is InChI=1S/C18H24FN5O/c1-4-22-9-12(18(20)21)7-13-10-24(3)23-17(13)15-6-5-14(19)8-16(15)11(2)25/h5-6,8-11,22,25H,4,7H2,1-3H3,(H3,20,21)/b12-9-/t11-/m1/s1. The van der Waals surface area contributed by atoms with Crippen molar-refractivity contribution in [2.24, 2.45) is 12.8 Å². The summed E-state index contributed by atoms with van der Waals surface area (Å²) in [6, 6.07) is 4.28. The number of aryl methyl sites for hydroxylation is 1. The molecule has 0 aliphatic rings. The van der Waals surface area contributed by atoms with Crippen LogP contribution in [0.5, 0.6) is 0 Å². The van der Waals surface area contributed by atoms with E-state index in [1.807, 2.05) is 13.1 Å². The normalized spacial score (nSPS) is 12.9. The Labute approximate surface area is 146 Å². The molecule has 1 heterocycles. The van der Waals surface area contributed by atoms with Crippen LogP contribution in [-0.4, -0.2) is 27.3 Å². The molecular formula is C18H24FN5O. The molecule has 7 heteroatoms. The van der Waals surface area contributed by atoms with Gasteiger partial charge in [-0.15, -0.1) is 0 Å². The van der Waals surface area contributed by atoms with Crippen molar-refractivity contribution in [2.45, 2.75) is 26.4 Å². The lowest BCUT2D eigenvalue weighted by atomic mass is 9.96. The zero-order valence-electron chi connectivity index (χ0n) is 14.7. The van der Waals surface area contributed by atoms with Crippen LogP contribution in [0.3, 0.4) is 0 Å². The van der Waals surface area contributed by atoms with Gasteiger partial charge in [0.1, 0.15) is 11.7 Å². The predicted molar refractivity (Wildman–Crippen MR) is 96.6 cm³/mol. The topological polar surface area (TPSA) is 100.0 Å². The van der Waals surface area contributed by atoms with Gasteiger partial charge in [0.25, 0.3) is 0 Å². The molecule has 0 amide bonds. The van der Waals surface area contributed by atoms with Crippen molar-refractivity contribution in [1.82, 2.24) is 15.1 Å². The number of amidine groups is 1. The van der Waals surface area contributed by atoms with Gasteiger partial charge in [-0.05, 0) is 37.6 Å². The van der Waals surface area contributed by atoms with Gasteiger partial charge in [0.15, 0.2) is 0 Å². The number of nitrogens with one attached hydrogen (secondary N) is 2.